The highest BCUT2D eigenvalue weighted by atomic mass is 35.5. The van der Waals surface area contributed by atoms with E-state index in [1.807, 2.05) is 41.9 Å². The lowest BCUT2D eigenvalue weighted by molar-refractivity contribution is 0.0925. The fourth-order valence-corrected chi connectivity index (χ4v) is 4.13. The van der Waals surface area contributed by atoms with Crippen molar-refractivity contribution in [1.82, 2.24) is 30.0 Å². The molecular weight excluding hydrogens is 454 g/mol. The van der Waals surface area contributed by atoms with Gasteiger partial charge in [-0.1, -0.05) is 29.8 Å². The molecule has 0 spiro atoms. The number of benzene rings is 2. The molecule has 1 amide bonds. The van der Waals surface area contributed by atoms with E-state index in [4.69, 9.17) is 16.3 Å². The average molecular weight is 476 g/mol. The van der Waals surface area contributed by atoms with E-state index in [2.05, 4.69) is 30.8 Å². The van der Waals surface area contributed by atoms with E-state index < -0.39 is 0 Å². The van der Waals surface area contributed by atoms with Gasteiger partial charge in [-0.25, -0.2) is 9.97 Å². The summed E-state index contributed by atoms with van der Waals surface area (Å²) in [5, 5.41) is 15.5. The first kappa shape index (κ1) is 21.8. The van der Waals surface area contributed by atoms with Crippen LogP contribution in [0.4, 0.5) is 5.69 Å². The van der Waals surface area contributed by atoms with Crippen molar-refractivity contribution in [1.29, 1.82) is 0 Å². The van der Waals surface area contributed by atoms with Gasteiger partial charge in [0.1, 0.15) is 17.8 Å². The quantitative estimate of drug-likeness (QED) is 0.437. The van der Waals surface area contributed by atoms with Crippen LogP contribution in [-0.2, 0) is 13.6 Å². The number of aromatic nitrogens is 5. The number of carbonyl (C=O) groups excluding carboxylic acids is 1. The molecule has 2 aromatic carbocycles. The minimum Gasteiger partial charge on any atom is -0.492 e. The van der Waals surface area contributed by atoms with Gasteiger partial charge in [-0.2, -0.15) is 0 Å². The zero-order chi connectivity index (χ0) is 23.5. The molecule has 1 aliphatic rings. The van der Waals surface area contributed by atoms with E-state index in [1.165, 1.54) is 6.33 Å². The maximum absolute atomic E-state index is 13.0. The Labute approximate surface area is 201 Å². The summed E-state index contributed by atoms with van der Waals surface area (Å²) in [6.07, 6.45) is 3.82. The second kappa shape index (κ2) is 9.48. The summed E-state index contributed by atoms with van der Waals surface area (Å²) in [6, 6.07) is 14.6. The Hall–Kier alpha value is -3.98. The number of carbonyl (C=O) groups is 1. The third-order valence-corrected chi connectivity index (χ3v) is 5.98. The maximum Gasteiger partial charge on any atom is 0.251 e. The van der Waals surface area contributed by atoms with Crippen LogP contribution >= 0.6 is 11.6 Å². The van der Waals surface area contributed by atoms with Crippen LogP contribution in [0.25, 0.3) is 11.5 Å². The van der Waals surface area contributed by atoms with Gasteiger partial charge in [0.15, 0.2) is 11.6 Å². The Morgan fingerprint density at radius 1 is 1.21 bits per heavy atom. The molecule has 0 saturated heterocycles. The highest BCUT2D eigenvalue weighted by Crippen LogP contribution is 2.37. The number of nitrogens with one attached hydrogen (secondary N) is 2. The molecule has 0 unspecified atom stereocenters. The maximum atomic E-state index is 13.0. The van der Waals surface area contributed by atoms with Gasteiger partial charge < -0.3 is 19.9 Å². The van der Waals surface area contributed by atoms with Crippen molar-refractivity contribution in [2.75, 3.05) is 11.9 Å². The monoisotopic (exact) mass is 475 g/mol. The van der Waals surface area contributed by atoms with Gasteiger partial charge in [0.05, 0.1) is 24.2 Å². The van der Waals surface area contributed by atoms with E-state index in [0.29, 0.717) is 47.4 Å². The standard InChI is InChI=1S/C24H22ClN7O2/c1-32-21(30-31-23(32)20-8-10-26-14-28-20)13-27-16-5-2-4-15(12-16)24(33)29-19-9-11-34-22-17(19)6-3-7-18(22)25/h2-8,10,12,14,19,27H,9,11,13H2,1H3,(H,29,33)/t19-/m0/s1. The largest absolute Gasteiger partial charge is 0.492 e. The molecule has 0 aliphatic carbocycles. The summed E-state index contributed by atoms with van der Waals surface area (Å²) in [5.74, 6) is 1.87. The van der Waals surface area contributed by atoms with E-state index >= 15 is 0 Å². The molecule has 0 saturated carbocycles. The predicted molar refractivity (Wildman–Crippen MR) is 128 cm³/mol. The molecular formula is C24H22ClN7O2. The summed E-state index contributed by atoms with van der Waals surface area (Å²) in [4.78, 5) is 21.2. The molecule has 1 aliphatic heterocycles. The van der Waals surface area contributed by atoms with Gasteiger partial charge in [0.2, 0.25) is 0 Å². The molecule has 5 rings (SSSR count). The van der Waals surface area contributed by atoms with Crippen molar-refractivity contribution in [3.63, 3.8) is 0 Å². The highest BCUT2D eigenvalue weighted by Gasteiger charge is 2.25. The van der Waals surface area contributed by atoms with Gasteiger partial charge in [0, 0.05) is 36.5 Å². The molecule has 2 N–H and O–H groups in total. The van der Waals surface area contributed by atoms with Crippen LogP contribution in [0.2, 0.25) is 5.02 Å². The lowest BCUT2D eigenvalue weighted by atomic mass is 10.00. The van der Waals surface area contributed by atoms with Crippen molar-refractivity contribution < 1.29 is 9.53 Å². The van der Waals surface area contributed by atoms with Crippen LogP contribution < -0.4 is 15.4 Å². The fourth-order valence-electron chi connectivity index (χ4n) is 3.89. The zero-order valence-electron chi connectivity index (χ0n) is 18.4. The minimum atomic E-state index is -0.162. The molecule has 10 heteroatoms. The molecule has 1 atom stereocenters. The Bertz CT molecular complexity index is 1330. The van der Waals surface area contributed by atoms with Crippen LogP contribution in [0.1, 0.15) is 34.2 Å². The molecule has 4 aromatic rings. The number of hydrogen-bond acceptors (Lipinski definition) is 7. The second-order valence-electron chi connectivity index (χ2n) is 7.85. The molecule has 0 radical (unpaired) electrons. The SMILES string of the molecule is Cn1c(CNc2cccc(C(=O)N[C@H]3CCOc4c(Cl)cccc43)c2)nnc1-c1ccncn1. The predicted octanol–water partition coefficient (Wildman–Crippen LogP) is 3.79. The topological polar surface area (TPSA) is 107 Å². The Morgan fingerprint density at radius 2 is 2.09 bits per heavy atom. The first-order chi connectivity index (χ1) is 16.6. The molecule has 0 fully saturated rings. The summed E-state index contributed by atoms with van der Waals surface area (Å²) in [6.45, 7) is 0.934. The normalized spacial score (nSPS) is 14.7. The fraction of sp³-hybridized carbons (Fsp3) is 0.208. The van der Waals surface area contributed by atoms with Crippen LogP contribution in [0.3, 0.4) is 0 Å². The van der Waals surface area contributed by atoms with Crippen LogP contribution in [0, 0.1) is 0 Å². The second-order valence-corrected chi connectivity index (χ2v) is 8.26. The number of fused-ring (bicyclic) bond motifs is 1. The number of amides is 1. The van der Waals surface area contributed by atoms with Gasteiger partial charge in [-0.05, 0) is 30.3 Å². The summed E-state index contributed by atoms with van der Waals surface area (Å²) in [5.41, 5.74) is 2.95. The first-order valence-electron chi connectivity index (χ1n) is 10.8. The lowest BCUT2D eigenvalue weighted by Crippen LogP contribution is -2.32. The lowest BCUT2D eigenvalue weighted by Gasteiger charge is -2.27. The van der Waals surface area contributed by atoms with Gasteiger partial charge >= 0.3 is 0 Å². The van der Waals surface area contributed by atoms with Gasteiger partial charge in [-0.3, -0.25) is 4.79 Å². The Morgan fingerprint density at radius 3 is 2.94 bits per heavy atom. The smallest absolute Gasteiger partial charge is 0.251 e. The zero-order valence-corrected chi connectivity index (χ0v) is 19.2. The van der Waals surface area contributed by atoms with E-state index in [-0.39, 0.29) is 11.9 Å². The minimum absolute atomic E-state index is 0.161. The summed E-state index contributed by atoms with van der Waals surface area (Å²) in [7, 11) is 1.89. The number of hydrogen-bond donors (Lipinski definition) is 2. The first-order valence-corrected chi connectivity index (χ1v) is 11.2. The van der Waals surface area contributed by atoms with Crippen LogP contribution in [-0.4, -0.2) is 37.2 Å². The van der Waals surface area contributed by atoms with Crippen molar-refractivity contribution in [3.05, 3.63) is 83.0 Å². The van der Waals surface area contributed by atoms with Crippen molar-refractivity contribution >= 4 is 23.2 Å². The molecule has 172 valence electrons. The third-order valence-electron chi connectivity index (χ3n) is 5.68. The molecule has 0 bridgehead atoms. The van der Waals surface area contributed by atoms with E-state index in [1.54, 1.807) is 24.4 Å². The highest BCUT2D eigenvalue weighted by molar-refractivity contribution is 6.32. The third kappa shape index (κ3) is 4.42. The van der Waals surface area contributed by atoms with Crippen LogP contribution in [0.5, 0.6) is 5.75 Å². The summed E-state index contributed by atoms with van der Waals surface area (Å²) >= 11 is 6.25. The molecule has 2 aromatic heterocycles. The molecule has 9 nitrogen and oxygen atoms in total. The van der Waals surface area contributed by atoms with Crippen LogP contribution in [0.15, 0.2) is 61.1 Å². The number of ether oxygens (including phenoxy) is 1. The Balaban J connectivity index is 1.27. The van der Waals surface area contributed by atoms with E-state index in [0.717, 1.165) is 17.1 Å². The average Bonchev–Trinajstić information content (AvgIpc) is 3.24. The van der Waals surface area contributed by atoms with Gasteiger partial charge in [0.25, 0.3) is 5.91 Å². The number of para-hydroxylation sites is 1. The van der Waals surface area contributed by atoms with Crippen molar-refractivity contribution in [2.45, 2.75) is 19.0 Å². The van der Waals surface area contributed by atoms with Crippen molar-refractivity contribution in [2.24, 2.45) is 7.05 Å². The molecule has 3 heterocycles. The summed E-state index contributed by atoms with van der Waals surface area (Å²) < 4.78 is 7.57. The Kier molecular flexibility index (Phi) is 6.09. The van der Waals surface area contributed by atoms with E-state index in [9.17, 15) is 4.79 Å². The number of halogens is 1. The van der Waals surface area contributed by atoms with Crippen molar-refractivity contribution in [3.8, 4) is 17.3 Å². The van der Waals surface area contributed by atoms with Gasteiger partial charge in [-0.15, -0.1) is 10.2 Å². The molecule has 34 heavy (non-hydrogen) atoms. The number of nitrogens with zero attached hydrogens (tertiary/aromatic N) is 5. The number of anilines is 1. The number of rotatable bonds is 6.